The minimum absolute atomic E-state index is 0.0111. The SMILES string of the molecule is N#Cc1ccc(-c2ccc(Cl)c(C(=O)O)c2)cc1O. The molecule has 0 amide bonds. The number of hydrogen-bond acceptors (Lipinski definition) is 3. The van der Waals surface area contributed by atoms with Gasteiger partial charge in [0.1, 0.15) is 11.8 Å². The Labute approximate surface area is 114 Å². The van der Waals surface area contributed by atoms with Crippen LogP contribution >= 0.6 is 11.6 Å². The molecule has 19 heavy (non-hydrogen) atoms. The molecule has 0 bridgehead atoms. The molecule has 2 aromatic carbocycles. The maximum atomic E-state index is 11.0. The highest BCUT2D eigenvalue weighted by atomic mass is 35.5. The number of carboxylic acid groups (broad SMARTS) is 1. The number of nitriles is 1. The quantitative estimate of drug-likeness (QED) is 0.880. The molecule has 5 heteroatoms. The number of carbonyl (C=O) groups is 1. The first kappa shape index (κ1) is 12.9. The van der Waals surface area contributed by atoms with Crippen molar-refractivity contribution in [1.29, 1.82) is 5.26 Å². The van der Waals surface area contributed by atoms with Crippen LogP contribution in [0.1, 0.15) is 15.9 Å². The monoisotopic (exact) mass is 273 g/mol. The summed E-state index contributed by atoms with van der Waals surface area (Å²) in [6.45, 7) is 0. The highest BCUT2D eigenvalue weighted by Crippen LogP contribution is 2.29. The Morgan fingerprint density at radius 3 is 2.37 bits per heavy atom. The number of nitrogens with zero attached hydrogens (tertiary/aromatic N) is 1. The summed E-state index contributed by atoms with van der Waals surface area (Å²) in [5.74, 6) is -1.27. The smallest absolute Gasteiger partial charge is 0.337 e. The van der Waals surface area contributed by atoms with Gasteiger partial charge in [-0.1, -0.05) is 23.7 Å². The minimum Gasteiger partial charge on any atom is -0.507 e. The number of aromatic hydroxyl groups is 1. The summed E-state index contributed by atoms with van der Waals surface area (Å²) in [6.07, 6.45) is 0. The van der Waals surface area contributed by atoms with E-state index in [1.54, 1.807) is 12.1 Å². The second-order valence-corrected chi connectivity index (χ2v) is 4.25. The van der Waals surface area contributed by atoms with Gasteiger partial charge in [0.2, 0.25) is 0 Å². The summed E-state index contributed by atoms with van der Waals surface area (Å²) in [5, 5.41) is 27.5. The van der Waals surface area contributed by atoms with Gasteiger partial charge in [-0.15, -0.1) is 0 Å². The first-order valence-corrected chi connectivity index (χ1v) is 5.67. The Balaban J connectivity index is 2.54. The van der Waals surface area contributed by atoms with Gasteiger partial charge in [0.15, 0.2) is 0 Å². The number of benzene rings is 2. The first-order chi connectivity index (χ1) is 9.02. The first-order valence-electron chi connectivity index (χ1n) is 5.29. The zero-order valence-corrected chi connectivity index (χ0v) is 10.3. The highest BCUT2D eigenvalue weighted by molar-refractivity contribution is 6.33. The molecule has 0 fully saturated rings. The lowest BCUT2D eigenvalue weighted by Gasteiger charge is -2.06. The summed E-state index contributed by atoms with van der Waals surface area (Å²) < 4.78 is 0. The summed E-state index contributed by atoms with van der Waals surface area (Å²) in [5.41, 5.74) is 1.36. The Hall–Kier alpha value is -2.51. The van der Waals surface area contributed by atoms with Crippen LogP contribution in [0.3, 0.4) is 0 Å². The molecular formula is C14H8ClNO3. The molecule has 0 heterocycles. The predicted octanol–water partition coefficient (Wildman–Crippen LogP) is 3.28. The molecule has 94 valence electrons. The van der Waals surface area contributed by atoms with Gasteiger partial charge >= 0.3 is 5.97 Å². The molecular weight excluding hydrogens is 266 g/mol. The summed E-state index contributed by atoms with van der Waals surface area (Å²) >= 11 is 5.78. The van der Waals surface area contributed by atoms with Crippen molar-refractivity contribution in [3.8, 4) is 22.9 Å². The fraction of sp³-hybridized carbons (Fsp3) is 0. The molecule has 4 nitrogen and oxygen atoms in total. The van der Waals surface area contributed by atoms with Crippen LogP contribution in [0.15, 0.2) is 36.4 Å². The van der Waals surface area contributed by atoms with E-state index in [2.05, 4.69) is 0 Å². The molecule has 2 rings (SSSR count). The van der Waals surface area contributed by atoms with Crippen LogP contribution in [-0.4, -0.2) is 16.2 Å². The summed E-state index contributed by atoms with van der Waals surface area (Å²) in [7, 11) is 0. The second-order valence-electron chi connectivity index (χ2n) is 3.84. The van der Waals surface area contributed by atoms with Crippen molar-refractivity contribution in [2.24, 2.45) is 0 Å². The lowest BCUT2D eigenvalue weighted by Crippen LogP contribution is -1.97. The molecule has 0 aliphatic heterocycles. The van der Waals surface area contributed by atoms with Gasteiger partial charge < -0.3 is 10.2 Å². The number of rotatable bonds is 2. The molecule has 0 saturated heterocycles. The maximum absolute atomic E-state index is 11.0. The van der Waals surface area contributed by atoms with Crippen molar-refractivity contribution in [1.82, 2.24) is 0 Å². The van der Waals surface area contributed by atoms with Crippen LogP contribution in [0.4, 0.5) is 0 Å². The average molecular weight is 274 g/mol. The van der Waals surface area contributed by atoms with Gasteiger partial charge in [-0.3, -0.25) is 0 Å². The predicted molar refractivity (Wildman–Crippen MR) is 70.2 cm³/mol. The van der Waals surface area contributed by atoms with Crippen LogP contribution in [0.25, 0.3) is 11.1 Å². The number of phenols is 1. The van der Waals surface area contributed by atoms with Gasteiger partial charge in [-0.25, -0.2) is 4.79 Å². The molecule has 0 atom stereocenters. The van der Waals surface area contributed by atoms with E-state index < -0.39 is 5.97 Å². The molecule has 0 radical (unpaired) electrons. The Morgan fingerprint density at radius 1 is 1.16 bits per heavy atom. The Morgan fingerprint density at radius 2 is 1.79 bits per heavy atom. The lowest BCUT2D eigenvalue weighted by atomic mass is 10.0. The number of hydrogen-bond donors (Lipinski definition) is 2. The van der Waals surface area contributed by atoms with Gasteiger partial charge in [0.05, 0.1) is 16.1 Å². The number of halogens is 1. The zero-order valence-electron chi connectivity index (χ0n) is 9.59. The maximum Gasteiger partial charge on any atom is 0.337 e. The van der Waals surface area contributed by atoms with E-state index in [0.717, 1.165) is 0 Å². The summed E-state index contributed by atoms with van der Waals surface area (Å²) in [4.78, 5) is 11.0. The van der Waals surface area contributed by atoms with Crippen LogP contribution in [0.5, 0.6) is 5.75 Å². The molecule has 0 aliphatic carbocycles. The number of phenolic OH excluding ortho intramolecular Hbond substituents is 1. The van der Waals surface area contributed by atoms with E-state index in [4.69, 9.17) is 22.0 Å². The number of aromatic carboxylic acids is 1. The molecule has 0 unspecified atom stereocenters. The average Bonchev–Trinajstić information content (AvgIpc) is 2.38. The Bertz CT molecular complexity index is 704. The van der Waals surface area contributed by atoms with E-state index in [-0.39, 0.29) is 21.9 Å². The largest absolute Gasteiger partial charge is 0.507 e. The van der Waals surface area contributed by atoms with Crippen molar-refractivity contribution in [3.63, 3.8) is 0 Å². The van der Waals surface area contributed by atoms with Crippen molar-refractivity contribution in [2.75, 3.05) is 0 Å². The number of carboxylic acids is 1. The van der Waals surface area contributed by atoms with Gasteiger partial charge in [0.25, 0.3) is 0 Å². The third-order valence-electron chi connectivity index (χ3n) is 2.65. The molecule has 0 aliphatic rings. The fourth-order valence-corrected chi connectivity index (χ4v) is 1.87. The van der Waals surface area contributed by atoms with Crippen LogP contribution in [-0.2, 0) is 0 Å². The third kappa shape index (κ3) is 2.51. The van der Waals surface area contributed by atoms with Gasteiger partial charge in [0, 0.05) is 0 Å². The standard InChI is InChI=1S/C14H8ClNO3/c15-12-4-3-8(5-11(12)14(18)19)9-1-2-10(7-16)13(17)6-9/h1-6,17H,(H,18,19). The van der Waals surface area contributed by atoms with Gasteiger partial charge in [-0.05, 0) is 35.4 Å². The van der Waals surface area contributed by atoms with Crippen molar-refractivity contribution < 1.29 is 15.0 Å². The topological polar surface area (TPSA) is 81.3 Å². The van der Waals surface area contributed by atoms with Crippen molar-refractivity contribution in [3.05, 3.63) is 52.5 Å². The minimum atomic E-state index is -1.12. The van der Waals surface area contributed by atoms with Crippen LogP contribution in [0.2, 0.25) is 5.02 Å². The lowest BCUT2D eigenvalue weighted by molar-refractivity contribution is 0.0697. The molecule has 0 aromatic heterocycles. The van der Waals surface area contributed by atoms with E-state index in [9.17, 15) is 9.90 Å². The molecule has 0 spiro atoms. The van der Waals surface area contributed by atoms with E-state index in [1.807, 2.05) is 6.07 Å². The van der Waals surface area contributed by atoms with E-state index in [1.165, 1.54) is 24.3 Å². The summed E-state index contributed by atoms with van der Waals surface area (Å²) in [6, 6.07) is 10.9. The fourth-order valence-electron chi connectivity index (χ4n) is 1.67. The van der Waals surface area contributed by atoms with Gasteiger partial charge in [-0.2, -0.15) is 5.26 Å². The normalized spacial score (nSPS) is 9.89. The Kier molecular flexibility index (Phi) is 3.41. The van der Waals surface area contributed by atoms with Crippen molar-refractivity contribution in [2.45, 2.75) is 0 Å². The third-order valence-corrected chi connectivity index (χ3v) is 2.98. The van der Waals surface area contributed by atoms with Crippen LogP contribution < -0.4 is 0 Å². The van der Waals surface area contributed by atoms with Crippen molar-refractivity contribution >= 4 is 17.6 Å². The molecule has 2 aromatic rings. The second kappa shape index (κ2) is 5.01. The highest BCUT2D eigenvalue weighted by Gasteiger charge is 2.11. The zero-order chi connectivity index (χ0) is 14.0. The molecule has 2 N–H and O–H groups in total. The van der Waals surface area contributed by atoms with Crippen LogP contribution in [0, 0.1) is 11.3 Å². The van der Waals surface area contributed by atoms with E-state index >= 15 is 0 Å². The molecule has 0 saturated carbocycles. The van der Waals surface area contributed by atoms with E-state index in [0.29, 0.717) is 11.1 Å².